The maximum absolute atomic E-state index is 12.4. The monoisotopic (exact) mass is 467 g/mol. The molecule has 7 heteroatoms. The van der Waals surface area contributed by atoms with E-state index in [1.807, 2.05) is 4.90 Å². The Labute approximate surface area is 201 Å². The Bertz CT molecular complexity index is 987. The van der Waals surface area contributed by atoms with Gasteiger partial charge in [0.05, 0.1) is 13.2 Å². The zero-order valence-corrected chi connectivity index (χ0v) is 20.2. The Morgan fingerprint density at radius 1 is 0.853 bits per heavy atom. The fraction of sp³-hybridized carbons (Fsp3) is 0.556. The fourth-order valence-corrected chi connectivity index (χ4v) is 5.41. The first-order chi connectivity index (χ1) is 16.5. The molecule has 0 bridgehead atoms. The number of hydrogen-bond donors (Lipinski definition) is 3. The number of unbranched alkanes of at least 4 members (excludes halogenated alkanes) is 5. The van der Waals surface area contributed by atoms with Gasteiger partial charge in [-0.15, -0.1) is 0 Å². The molecule has 0 aromatic heterocycles. The van der Waals surface area contributed by atoms with Gasteiger partial charge in [-0.1, -0.05) is 63.3 Å². The number of aliphatic hydroxyl groups excluding tert-OH is 1. The first-order valence-corrected chi connectivity index (χ1v) is 12.6. The van der Waals surface area contributed by atoms with Gasteiger partial charge in [-0.3, -0.25) is 14.6 Å². The lowest BCUT2D eigenvalue weighted by atomic mass is 9.87. The quantitative estimate of drug-likeness (QED) is 0.415. The summed E-state index contributed by atoms with van der Waals surface area (Å²) in [6, 6.07) is 7.60. The third-order valence-corrected chi connectivity index (χ3v) is 7.09. The summed E-state index contributed by atoms with van der Waals surface area (Å²) >= 11 is 0. The van der Waals surface area contributed by atoms with Crippen LogP contribution in [-0.2, 0) is 35.8 Å². The predicted molar refractivity (Wildman–Crippen MR) is 132 cm³/mol. The summed E-state index contributed by atoms with van der Waals surface area (Å²) in [4.78, 5) is 28.1. The molecule has 3 N–H and O–H groups in total. The van der Waals surface area contributed by atoms with Gasteiger partial charge in [-0.2, -0.15) is 0 Å². The van der Waals surface area contributed by atoms with E-state index in [4.69, 9.17) is 10.2 Å². The van der Waals surface area contributed by atoms with E-state index in [2.05, 4.69) is 41.4 Å². The molecule has 7 nitrogen and oxygen atoms in total. The highest BCUT2D eigenvalue weighted by atomic mass is 16.4. The number of hydrogen-bond acceptors (Lipinski definition) is 5. The normalized spacial score (nSPS) is 16.5. The molecule has 0 radical (unpaired) electrons. The third-order valence-electron chi connectivity index (χ3n) is 7.09. The minimum absolute atomic E-state index is 0.0975. The van der Waals surface area contributed by atoms with Gasteiger partial charge in [0.1, 0.15) is 6.04 Å². The van der Waals surface area contributed by atoms with E-state index in [0.29, 0.717) is 13.1 Å². The zero-order valence-electron chi connectivity index (χ0n) is 20.2. The maximum Gasteiger partial charge on any atom is 0.328 e. The molecule has 0 spiro atoms. The molecule has 0 unspecified atom stereocenters. The van der Waals surface area contributed by atoms with Crippen molar-refractivity contribution in [2.45, 2.75) is 77.7 Å². The number of carbonyl (C=O) groups excluding carboxylic acids is 1. The Hall–Kier alpha value is -2.48. The molecular formula is C27H37N3O4. The standard InChI is InChI=1S/C27H37N3O4/c1-2-3-4-5-6-7-12-29-13-19-8-10-21-15-30(17-24(32)28-23(18-31)27(33)34)16-22-11-9-20(14-29)25(19)26(21)22/h8-11,23,31H,2-7,12-18H2,1H3,(H,28,32)(H,33,34)/t23-/m0/s1. The van der Waals surface area contributed by atoms with Crippen molar-refractivity contribution < 1.29 is 19.8 Å². The lowest BCUT2D eigenvalue weighted by Gasteiger charge is -2.34. The molecule has 4 rings (SSSR count). The second kappa shape index (κ2) is 11.3. The van der Waals surface area contributed by atoms with Crippen molar-refractivity contribution in [2.75, 3.05) is 19.7 Å². The third kappa shape index (κ3) is 5.59. The Morgan fingerprint density at radius 3 is 1.85 bits per heavy atom. The van der Waals surface area contributed by atoms with Crippen molar-refractivity contribution in [1.82, 2.24) is 15.1 Å². The number of carbonyl (C=O) groups is 2. The van der Waals surface area contributed by atoms with E-state index < -0.39 is 18.6 Å². The molecule has 2 aromatic rings. The van der Waals surface area contributed by atoms with Gasteiger partial charge in [0.25, 0.3) is 0 Å². The van der Waals surface area contributed by atoms with Crippen LogP contribution in [0.3, 0.4) is 0 Å². The van der Waals surface area contributed by atoms with Gasteiger partial charge >= 0.3 is 5.97 Å². The van der Waals surface area contributed by atoms with Crippen LogP contribution in [0.1, 0.15) is 67.7 Å². The average Bonchev–Trinajstić information content (AvgIpc) is 2.82. The van der Waals surface area contributed by atoms with Crippen LogP contribution in [0.5, 0.6) is 0 Å². The molecule has 2 aliphatic rings. The molecule has 0 saturated carbocycles. The number of amides is 1. The van der Waals surface area contributed by atoms with Crippen molar-refractivity contribution in [2.24, 2.45) is 0 Å². The Kier molecular flexibility index (Phi) is 8.19. The van der Waals surface area contributed by atoms with Crippen molar-refractivity contribution >= 4 is 22.6 Å². The van der Waals surface area contributed by atoms with Gasteiger partial charge in [-0.25, -0.2) is 4.79 Å². The minimum atomic E-state index is -1.27. The molecule has 34 heavy (non-hydrogen) atoms. The van der Waals surface area contributed by atoms with E-state index in [1.165, 1.54) is 71.6 Å². The number of aliphatic hydroxyl groups is 1. The minimum Gasteiger partial charge on any atom is -0.480 e. The van der Waals surface area contributed by atoms with Crippen LogP contribution in [0.2, 0.25) is 0 Å². The van der Waals surface area contributed by atoms with Gasteiger partial charge in [0.15, 0.2) is 0 Å². The highest BCUT2D eigenvalue weighted by Gasteiger charge is 2.27. The molecule has 2 heterocycles. The van der Waals surface area contributed by atoms with E-state index in [-0.39, 0.29) is 12.5 Å². The summed E-state index contributed by atoms with van der Waals surface area (Å²) < 4.78 is 0. The van der Waals surface area contributed by atoms with Crippen molar-refractivity contribution in [1.29, 1.82) is 0 Å². The second-order valence-electron chi connectivity index (χ2n) is 9.78. The van der Waals surface area contributed by atoms with Crippen LogP contribution < -0.4 is 5.32 Å². The molecular weight excluding hydrogens is 430 g/mol. The number of nitrogens with zero attached hydrogens (tertiary/aromatic N) is 2. The number of aliphatic carboxylic acids is 1. The summed E-state index contributed by atoms with van der Waals surface area (Å²) in [6.45, 7) is 6.16. The summed E-state index contributed by atoms with van der Waals surface area (Å²) in [7, 11) is 0. The lowest BCUT2D eigenvalue weighted by Crippen LogP contribution is -2.47. The topological polar surface area (TPSA) is 93.1 Å². The van der Waals surface area contributed by atoms with Crippen LogP contribution in [0.15, 0.2) is 24.3 Å². The number of carboxylic acid groups (broad SMARTS) is 1. The van der Waals surface area contributed by atoms with Crippen LogP contribution in [0, 0.1) is 0 Å². The van der Waals surface area contributed by atoms with Gasteiger partial charge in [-0.05, 0) is 46.0 Å². The van der Waals surface area contributed by atoms with Crippen LogP contribution in [0.25, 0.3) is 10.8 Å². The fourth-order valence-electron chi connectivity index (χ4n) is 5.41. The summed E-state index contributed by atoms with van der Waals surface area (Å²) in [6.07, 6.45) is 7.89. The van der Waals surface area contributed by atoms with Crippen molar-refractivity contribution in [3.63, 3.8) is 0 Å². The highest BCUT2D eigenvalue weighted by Crippen LogP contribution is 2.37. The summed E-state index contributed by atoms with van der Waals surface area (Å²) in [5.41, 5.74) is 5.23. The van der Waals surface area contributed by atoms with Gasteiger partial charge in [0.2, 0.25) is 5.91 Å². The molecule has 2 aliphatic heterocycles. The Balaban J connectivity index is 1.40. The highest BCUT2D eigenvalue weighted by molar-refractivity contribution is 5.95. The smallest absolute Gasteiger partial charge is 0.328 e. The molecule has 0 saturated heterocycles. The Morgan fingerprint density at radius 2 is 1.35 bits per heavy atom. The van der Waals surface area contributed by atoms with E-state index >= 15 is 0 Å². The second-order valence-corrected chi connectivity index (χ2v) is 9.78. The molecule has 1 atom stereocenters. The van der Waals surface area contributed by atoms with Gasteiger partial charge < -0.3 is 15.5 Å². The van der Waals surface area contributed by atoms with Crippen LogP contribution >= 0.6 is 0 Å². The largest absolute Gasteiger partial charge is 0.480 e. The first-order valence-electron chi connectivity index (χ1n) is 12.6. The van der Waals surface area contributed by atoms with E-state index in [9.17, 15) is 9.59 Å². The average molecular weight is 468 g/mol. The predicted octanol–water partition coefficient (Wildman–Crippen LogP) is 3.39. The zero-order chi connectivity index (χ0) is 24.1. The number of carboxylic acids is 1. The van der Waals surface area contributed by atoms with Crippen LogP contribution in [-0.4, -0.2) is 57.6 Å². The molecule has 0 fully saturated rings. The summed E-state index contributed by atoms with van der Waals surface area (Å²) in [5.74, 6) is -1.62. The first kappa shape index (κ1) is 24.6. The number of benzene rings is 2. The molecule has 0 aliphatic carbocycles. The van der Waals surface area contributed by atoms with Crippen molar-refractivity contribution in [3.8, 4) is 0 Å². The molecule has 2 aromatic carbocycles. The van der Waals surface area contributed by atoms with Gasteiger partial charge in [0, 0.05) is 26.2 Å². The van der Waals surface area contributed by atoms with Crippen LogP contribution in [0.4, 0.5) is 0 Å². The number of rotatable bonds is 12. The van der Waals surface area contributed by atoms with Crippen molar-refractivity contribution in [3.05, 3.63) is 46.5 Å². The SMILES string of the molecule is CCCCCCCCN1Cc2ccc3c4c(ccc(c24)C1)CN(CC(=O)N[C@@H](CO)C(=O)O)C3. The molecule has 184 valence electrons. The van der Waals surface area contributed by atoms with E-state index in [1.54, 1.807) is 0 Å². The lowest BCUT2D eigenvalue weighted by molar-refractivity contribution is -0.143. The summed E-state index contributed by atoms with van der Waals surface area (Å²) in [5, 5.41) is 23.3. The van der Waals surface area contributed by atoms with E-state index in [0.717, 1.165) is 19.6 Å². The molecule has 1 amide bonds. The maximum atomic E-state index is 12.4. The number of nitrogens with one attached hydrogen (secondary N) is 1.